The van der Waals surface area contributed by atoms with Crippen LogP contribution >= 0.6 is 0 Å². The first-order valence-corrected chi connectivity index (χ1v) is 3.59. The standard InChI is InChI=1S/C8H12N2O/c1-6(2)8(11)7-4-3-5-10(7)9/h3-6H,9H2,1-2H3. The van der Waals surface area contributed by atoms with Crippen LogP contribution in [0.5, 0.6) is 0 Å². The number of carbonyl (C=O) groups is 1. The SMILES string of the molecule is CC(C)C(=O)c1cccn1N. The molecule has 0 fully saturated rings. The third kappa shape index (κ3) is 1.42. The molecule has 1 aromatic heterocycles. The average molecular weight is 152 g/mol. The predicted molar refractivity (Wildman–Crippen MR) is 43.8 cm³/mol. The summed E-state index contributed by atoms with van der Waals surface area (Å²) in [6, 6.07) is 3.48. The molecule has 3 nitrogen and oxygen atoms in total. The Hall–Kier alpha value is -1.25. The summed E-state index contributed by atoms with van der Waals surface area (Å²) in [5.41, 5.74) is 0.569. The number of hydrogen-bond acceptors (Lipinski definition) is 2. The minimum absolute atomic E-state index is 0.00667. The van der Waals surface area contributed by atoms with Gasteiger partial charge in [0.15, 0.2) is 5.78 Å². The van der Waals surface area contributed by atoms with Crippen molar-refractivity contribution in [3.8, 4) is 0 Å². The molecule has 1 rings (SSSR count). The lowest BCUT2D eigenvalue weighted by molar-refractivity contribution is 0.0932. The molecule has 1 aromatic rings. The van der Waals surface area contributed by atoms with E-state index in [9.17, 15) is 4.79 Å². The highest BCUT2D eigenvalue weighted by Crippen LogP contribution is 2.06. The zero-order valence-electron chi connectivity index (χ0n) is 6.74. The van der Waals surface area contributed by atoms with Crippen LogP contribution in [0, 0.1) is 5.92 Å². The molecule has 0 aliphatic heterocycles. The van der Waals surface area contributed by atoms with E-state index in [1.165, 1.54) is 4.68 Å². The molecule has 0 saturated carbocycles. The summed E-state index contributed by atoms with van der Waals surface area (Å²) in [5.74, 6) is 5.56. The van der Waals surface area contributed by atoms with Crippen LogP contribution in [0.15, 0.2) is 18.3 Å². The Morgan fingerprint density at radius 2 is 2.27 bits per heavy atom. The van der Waals surface area contributed by atoms with Crippen LogP contribution in [0.2, 0.25) is 0 Å². The van der Waals surface area contributed by atoms with Crippen LogP contribution in [0.3, 0.4) is 0 Å². The summed E-state index contributed by atoms with van der Waals surface area (Å²) in [7, 11) is 0. The molecule has 0 aliphatic carbocycles. The minimum atomic E-state index is 0.00667. The Kier molecular flexibility index (Phi) is 1.98. The first kappa shape index (κ1) is 7.85. The van der Waals surface area contributed by atoms with Crippen molar-refractivity contribution < 1.29 is 4.79 Å². The maximum Gasteiger partial charge on any atom is 0.183 e. The van der Waals surface area contributed by atoms with Crippen molar-refractivity contribution in [2.24, 2.45) is 5.92 Å². The monoisotopic (exact) mass is 152 g/mol. The lowest BCUT2D eigenvalue weighted by atomic mass is 10.1. The van der Waals surface area contributed by atoms with E-state index < -0.39 is 0 Å². The molecule has 2 N–H and O–H groups in total. The number of hydrogen-bond donors (Lipinski definition) is 1. The van der Waals surface area contributed by atoms with E-state index in [2.05, 4.69) is 0 Å². The number of ketones is 1. The first-order chi connectivity index (χ1) is 5.13. The second-order valence-corrected chi connectivity index (χ2v) is 2.82. The minimum Gasteiger partial charge on any atom is -0.339 e. The number of aromatic nitrogens is 1. The molecule has 0 radical (unpaired) electrons. The maximum atomic E-state index is 11.3. The summed E-state index contributed by atoms with van der Waals surface area (Å²) in [4.78, 5) is 11.3. The average Bonchev–Trinajstić information content (AvgIpc) is 2.33. The van der Waals surface area contributed by atoms with Gasteiger partial charge in [-0.3, -0.25) is 9.47 Å². The molecule has 0 spiro atoms. The number of nitrogen functional groups attached to an aromatic ring is 1. The normalized spacial score (nSPS) is 10.5. The first-order valence-electron chi connectivity index (χ1n) is 3.59. The van der Waals surface area contributed by atoms with Crippen molar-refractivity contribution in [2.75, 3.05) is 5.84 Å². The highest BCUT2D eigenvalue weighted by molar-refractivity contribution is 5.96. The number of nitrogens with zero attached hydrogens (tertiary/aromatic N) is 1. The summed E-state index contributed by atoms with van der Waals surface area (Å²) in [6.07, 6.45) is 1.66. The van der Waals surface area contributed by atoms with Gasteiger partial charge in [0.05, 0.1) is 0 Å². The molecule has 0 amide bonds. The van der Waals surface area contributed by atoms with Gasteiger partial charge in [-0.1, -0.05) is 13.8 Å². The molecule has 0 bridgehead atoms. The van der Waals surface area contributed by atoms with Gasteiger partial charge in [0.1, 0.15) is 5.69 Å². The van der Waals surface area contributed by atoms with E-state index in [1.54, 1.807) is 18.3 Å². The maximum absolute atomic E-state index is 11.3. The fourth-order valence-electron chi connectivity index (χ4n) is 0.898. The Morgan fingerprint density at radius 1 is 1.64 bits per heavy atom. The van der Waals surface area contributed by atoms with Gasteiger partial charge in [-0.05, 0) is 12.1 Å². The number of Topliss-reactive ketones (excluding diaryl/α,β-unsaturated/α-hetero) is 1. The molecule has 0 atom stereocenters. The second kappa shape index (κ2) is 2.78. The van der Waals surface area contributed by atoms with Crippen LogP contribution in [-0.4, -0.2) is 10.5 Å². The molecular weight excluding hydrogens is 140 g/mol. The van der Waals surface area contributed by atoms with E-state index in [-0.39, 0.29) is 11.7 Å². The summed E-state index contributed by atoms with van der Waals surface area (Å²) < 4.78 is 1.35. The van der Waals surface area contributed by atoms with Gasteiger partial charge in [0, 0.05) is 12.1 Å². The van der Waals surface area contributed by atoms with Crippen LogP contribution < -0.4 is 5.84 Å². The van der Waals surface area contributed by atoms with Crippen molar-refractivity contribution in [1.82, 2.24) is 4.68 Å². The molecule has 60 valence electrons. The Balaban J connectivity index is 2.93. The summed E-state index contributed by atoms with van der Waals surface area (Å²) >= 11 is 0. The predicted octanol–water partition coefficient (Wildman–Crippen LogP) is 1.04. The van der Waals surface area contributed by atoms with E-state index in [4.69, 9.17) is 5.84 Å². The van der Waals surface area contributed by atoms with Gasteiger partial charge in [0.25, 0.3) is 0 Å². The lowest BCUT2D eigenvalue weighted by Gasteiger charge is -2.03. The fraction of sp³-hybridized carbons (Fsp3) is 0.375. The van der Waals surface area contributed by atoms with Crippen molar-refractivity contribution in [3.63, 3.8) is 0 Å². The van der Waals surface area contributed by atoms with Crippen molar-refractivity contribution in [2.45, 2.75) is 13.8 Å². The topological polar surface area (TPSA) is 48.0 Å². The molecule has 1 heterocycles. The van der Waals surface area contributed by atoms with E-state index in [0.29, 0.717) is 5.69 Å². The van der Waals surface area contributed by atoms with Crippen molar-refractivity contribution in [1.29, 1.82) is 0 Å². The molecule has 3 heteroatoms. The molecule has 0 unspecified atom stereocenters. The molecular formula is C8H12N2O. The lowest BCUT2D eigenvalue weighted by Crippen LogP contribution is -2.18. The summed E-state index contributed by atoms with van der Waals surface area (Å²) in [6.45, 7) is 3.71. The Morgan fingerprint density at radius 3 is 2.64 bits per heavy atom. The Bertz CT molecular complexity index is 263. The highest BCUT2D eigenvalue weighted by Gasteiger charge is 2.12. The fourth-order valence-corrected chi connectivity index (χ4v) is 0.898. The van der Waals surface area contributed by atoms with Crippen LogP contribution in [0.25, 0.3) is 0 Å². The number of nitrogens with two attached hydrogens (primary N) is 1. The van der Waals surface area contributed by atoms with Crippen molar-refractivity contribution in [3.05, 3.63) is 24.0 Å². The van der Waals surface area contributed by atoms with Gasteiger partial charge in [0.2, 0.25) is 0 Å². The molecule has 0 aliphatic rings. The zero-order valence-corrected chi connectivity index (χ0v) is 6.74. The van der Waals surface area contributed by atoms with Crippen LogP contribution in [0.1, 0.15) is 24.3 Å². The second-order valence-electron chi connectivity index (χ2n) is 2.82. The number of carbonyl (C=O) groups excluding carboxylic acids is 1. The Labute approximate surface area is 65.8 Å². The molecule has 0 aromatic carbocycles. The van der Waals surface area contributed by atoms with E-state index in [1.807, 2.05) is 13.8 Å². The van der Waals surface area contributed by atoms with Gasteiger partial charge in [-0.15, -0.1) is 0 Å². The quantitative estimate of drug-likeness (QED) is 0.508. The smallest absolute Gasteiger partial charge is 0.183 e. The zero-order chi connectivity index (χ0) is 8.43. The third-order valence-corrected chi connectivity index (χ3v) is 1.56. The largest absolute Gasteiger partial charge is 0.339 e. The number of rotatable bonds is 2. The highest BCUT2D eigenvalue weighted by atomic mass is 16.1. The van der Waals surface area contributed by atoms with Crippen LogP contribution in [-0.2, 0) is 0 Å². The van der Waals surface area contributed by atoms with Gasteiger partial charge in [-0.25, -0.2) is 0 Å². The van der Waals surface area contributed by atoms with E-state index >= 15 is 0 Å². The van der Waals surface area contributed by atoms with Crippen molar-refractivity contribution >= 4 is 5.78 Å². The summed E-state index contributed by atoms with van der Waals surface area (Å²) in [5, 5.41) is 0. The third-order valence-electron chi connectivity index (χ3n) is 1.56. The van der Waals surface area contributed by atoms with Gasteiger partial charge >= 0.3 is 0 Å². The molecule has 11 heavy (non-hydrogen) atoms. The van der Waals surface area contributed by atoms with Gasteiger partial charge in [-0.2, -0.15) is 0 Å². The van der Waals surface area contributed by atoms with Crippen LogP contribution in [0.4, 0.5) is 0 Å². The van der Waals surface area contributed by atoms with Gasteiger partial charge < -0.3 is 5.84 Å². The molecule has 0 saturated heterocycles. The van der Waals surface area contributed by atoms with E-state index in [0.717, 1.165) is 0 Å².